The number of esters is 1. The fourth-order valence-corrected chi connectivity index (χ4v) is 1.12. The third-order valence-electron chi connectivity index (χ3n) is 2.09. The highest BCUT2D eigenvalue weighted by Gasteiger charge is 2.27. The highest BCUT2D eigenvalue weighted by molar-refractivity contribution is 5.93. The number of carbonyl (C=O) groups is 1. The summed E-state index contributed by atoms with van der Waals surface area (Å²) >= 11 is 0. The van der Waals surface area contributed by atoms with Crippen molar-refractivity contribution in [1.82, 2.24) is 0 Å². The zero-order chi connectivity index (χ0) is 9.14. The van der Waals surface area contributed by atoms with Crippen molar-refractivity contribution < 1.29 is 9.53 Å². The lowest BCUT2D eigenvalue weighted by Crippen LogP contribution is -2.06. The van der Waals surface area contributed by atoms with Crippen molar-refractivity contribution in [2.45, 2.75) is 19.8 Å². The molecule has 0 bridgehead atoms. The lowest BCUT2D eigenvalue weighted by Gasteiger charge is -2.00. The third kappa shape index (κ3) is 1.65. The van der Waals surface area contributed by atoms with Crippen LogP contribution in [0.2, 0.25) is 0 Å². The van der Waals surface area contributed by atoms with Gasteiger partial charge in [0.1, 0.15) is 11.6 Å². The second-order valence-corrected chi connectivity index (χ2v) is 2.94. The van der Waals surface area contributed by atoms with E-state index in [0.29, 0.717) is 5.92 Å². The summed E-state index contributed by atoms with van der Waals surface area (Å²) in [6.45, 7) is 1.83. The molecule has 0 aromatic carbocycles. The first-order chi connectivity index (χ1) is 5.70. The number of nitriles is 1. The third-order valence-corrected chi connectivity index (χ3v) is 2.09. The Balaban J connectivity index is 2.85. The van der Waals surface area contributed by atoms with Gasteiger partial charge in [0.15, 0.2) is 0 Å². The summed E-state index contributed by atoms with van der Waals surface area (Å²) in [6, 6.07) is 1.88. The van der Waals surface area contributed by atoms with Gasteiger partial charge in [0.25, 0.3) is 0 Å². The smallest absolute Gasteiger partial charge is 0.348 e. The molecule has 0 amide bonds. The molecule has 1 saturated carbocycles. The van der Waals surface area contributed by atoms with E-state index in [1.807, 2.05) is 13.0 Å². The lowest BCUT2D eigenvalue weighted by molar-refractivity contribution is -0.135. The Morgan fingerprint density at radius 2 is 2.17 bits per heavy atom. The fraction of sp³-hybridized carbons (Fsp3) is 0.556. The SMILES string of the molecule is COC(=O)C(C#N)=C(C)C1CC1. The van der Waals surface area contributed by atoms with Gasteiger partial charge >= 0.3 is 5.97 Å². The van der Waals surface area contributed by atoms with E-state index in [0.717, 1.165) is 18.4 Å². The van der Waals surface area contributed by atoms with Crippen molar-refractivity contribution in [2.75, 3.05) is 7.11 Å². The molecule has 0 aliphatic heterocycles. The van der Waals surface area contributed by atoms with Crippen LogP contribution in [-0.2, 0) is 9.53 Å². The van der Waals surface area contributed by atoms with Crippen LogP contribution in [0.15, 0.2) is 11.1 Å². The van der Waals surface area contributed by atoms with Crippen LogP contribution in [0.4, 0.5) is 0 Å². The molecule has 64 valence electrons. The standard InChI is InChI=1S/C9H11NO2/c1-6(7-3-4-7)8(5-10)9(11)12-2/h7H,3-4H2,1-2H3. The van der Waals surface area contributed by atoms with Crippen molar-refractivity contribution >= 4 is 5.97 Å². The minimum atomic E-state index is -0.512. The van der Waals surface area contributed by atoms with Crippen molar-refractivity contribution in [3.63, 3.8) is 0 Å². The van der Waals surface area contributed by atoms with Gasteiger partial charge in [0.2, 0.25) is 0 Å². The Bertz CT molecular complexity index is 269. The summed E-state index contributed by atoms with van der Waals surface area (Å²) in [4.78, 5) is 11.0. The molecule has 3 nitrogen and oxygen atoms in total. The quantitative estimate of drug-likeness (QED) is 0.353. The molecule has 0 spiro atoms. The highest BCUT2D eigenvalue weighted by atomic mass is 16.5. The van der Waals surface area contributed by atoms with Gasteiger partial charge in [-0.3, -0.25) is 0 Å². The maximum atomic E-state index is 11.0. The minimum absolute atomic E-state index is 0.181. The largest absolute Gasteiger partial charge is 0.465 e. The normalized spacial score (nSPS) is 17.8. The van der Waals surface area contributed by atoms with Gasteiger partial charge in [-0.05, 0) is 31.3 Å². The average molecular weight is 165 g/mol. The minimum Gasteiger partial charge on any atom is -0.465 e. The fourth-order valence-electron chi connectivity index (χ4n) is 1.12. The number of allylic oxidation sites excluding steroid dienone is 1. The number of methoxy groups -OCH3 is 1. The first kappa shape index (κ1) is 8.79. The van der Waals surface area contributed by atoms with Crippen LogP contribution in [0.25, 0.3) is 0 Å². The van der Waals surface area contributed by atoms with E-state index < -0.39 is 5.97 Å². The predicted octanol–water partition coefficient (Wildman–Crippen LogP) is 1.41. The molecule has 0 aromatic rings. The Hall–Kier alpha value is -1.30. The van der Waals surface area contributed by atoms with Gasteiger partial charge in [0, 0.05) is 0 Å². The van der Waals surface area contributed by atoms with Crippen LogP contribution in [-0.4, -0.2) is 13.1 Å². The van der Waals surface area contributed by atoms with E-state index in [9.17, 15) is 4.79 Å². The van der Waals surface area contributed by atoms with Gasteiger partial charge in [-0.15, -0.1) is 0 Å². The van der Waals surface area contributed by atoms with Crippen LogP contribution < -0.4 is 0 Å². The predicted molar refractivity (Wildman–Crippen MR) is 43.1 cm³/mol. The Morgan fingerprint density at radius 1 is 1.58 bits per heavy atom. The van der Waals surface area contributed by atoms with E-state index in [1.54, 1.807) is 0 Å². The molecule has 0 saturated heterocycles. The Kier molecular flexibility index (Phi) is 2.49. The maximum absolute atomic E-state index is 11.0. The topological polar surface area (TPSA) is 50.1 Å². The first-order valence-corrected chi connectivity index (χ1v) is 3.90. The van der Waals surface area contributed by atoms with E-state index in [1.165, 1.54) is 7.11 Å². The van der Waals surface area contributed by atoms with Crippen molar-refractivity contribution in [3.8, 4) is 6.07 Å². The van der Waals surface area contributed by atoms with E-state index >= 15 is 0 Å². The maximum Gasteiger partial charge on any atom is 0.348 e. The molecule has 0 aromatic heterocycles. The van der Waals surface area contributed by atoms with Gasteiger partial charge in [-0.25, -0.2) is 4.79 Å². The zero-order valence-electron chi connectivity index (χ0n) is 7.26. The van der Waals surface area contributed by atoms with E-state index in [-0.39, 0.29) is 5.57 Å². The molecule has 0 atom stereocenters. The summed E-state index contributed by atoms with van der Waals surface area (Å²) in [7, 11) is 1.29. The van der Waals surface area contributed by atoms with Gasteiger partial charge in [-0.1, -0.05) is 0 Å². The first-order valence-electron chi connectivity index (χ1n) is 3.90. The van der Waals surface area contributed by atoms with Crippen molar-refractivity contribution in [1.29, 1.82) is 5.26 Å². The van der Waals surface area contributed by atoms with Crippen LogP contribution in [0, 0.1) is 17.2 Å². The highest BCUT2D eigenvalue weighted by Crippen LogP contribution is 2.37. The zero-order valence-corrected chi connectivity index (χ0v) is 7.26. The molecule has 1 rings (SSSR count). The van der Waals surface area contributed by atoms with E-state index in [4.69, 9.17) is 5.26 Å². The molecule has 12 heavy (non-hydrogen) atoms. The second kappa shape index (κ2) is 3.40. The summed E-state index contributed by atoms with van der Waals surface area (Å²) in [5, 5.41) is 8.67. The number of hydrogen-bond acceptors (Lipinski definition) is 3. The van der Waals surface area contributed by atoms with Crippen LogP contribution in [0.5, 0.6) is 0 Å². The van der Waals surface area contributed by atoms with Crippen LogP contribution in [0.1, 0.15) is 19.8 Å². The molecular weight excluding hydrogens is 154 g/mol. The monoisotopic (exact) mass is 165 g/mol. The summed E-state index contributed by atoms with van der Waals surface area (Å²) in [5.74, 6) is -0.0688. The van der Waals surface area contributed by atoms with Crippen molar-refractivity contribution in [2.24, 2.45) is 5.92 Å². The number of rotatable bonds is 2. The molecule has 3 heteroatoms. The van der Waals surface area contributed by atoms with Gasteiger partial charge < -0.3 is 4.74 Å². The lowest BCUT2D eigenvalue weighted by atomic mass is 10.1. The average Bonchev–Trinajstić information content (AvgIpc) is 2.87. The second-order valence-electron chi connectivity index (χ2n) is 2.94. The van der Waals surface area contributed by atoms with Gasteiger partial charge in [-0.2, -0.15) is 5.26 Å². The number of ether oxygens (including phenoxy) is 1. The molecule has 1 aliphatic carbocycles. The number of carbonyl (C=O) groups excluding carboxylic acids is 1. The molecule has 0 unspecified atom stereocenters. The molecule has 0 heterocycles. The van der Waals surface area contributed by atoms with E-state index in [2.05, 4.69) is 4.74 Å². The molecule has 0 N–H and O–H groups in total. The molecule has 1 fully saturated rings. The van der Waals surface area contributed by atoms with Crippen molar-refractivity contribution in [3.05, 3.63) is 11.1 Å². The molecule has 0 radical (unpaired) electrons. The molecule has 1 aliphatic rings. The van der Waals surface area contributed by atoms with Gasteiger partial charge in [0.05, 0.1) is 7.11 Å². The summed E-state index contributed by atoms with van der Waals surface area (Å²) < 4.78 is 4.48. The van der Waals surface area contributed by atoms with Crippen LogP contribution in [0.3, 0.4) is 0 Å². The van der Waals surface area contributed by atoms with Crippen LogP contribution >= 0.6 is 0 Å². The summed E-state index contributed by atoms with van der Waals surface area (Å²) in [6.07, 6.45) is 2.18. The molecular formula is C9H11NO2. The Labute approximate surface area is 71.6 Å². The number of hydrogen-bond donors (Lipinski definition) is 0. The summed E-state index contributed by atoms with van der Waals surface area (Å²) in [5.41, 5.74) is 1.06. The Morgan fingerprint density at radius 3 is 2.50 bits per heavy atom. The number of nitrogens with zero attached hydrogens (tertiary/aromatic N) is 1.